The molecule has 0 aromatic carbocycles. The number of epoxide rings is 1. The molecule has 0 N–H and O–H groups in total. The molecular formula is C4H6OTi. The summed E-state index contributed by atoms with van der Waals surface area (Å²) in [5.41, 5.74) is 0. The van der Waals surface area contributed by atoms with Crippen molar-refractivity contribution in [1.29, 1.82) is 0 Å². The molecule has 0 amide bonds. The van der Waals surface area contributed by atoms with Crippen LogP contribution in [0.25, 0.3) is 0 Å². The van der Waals surface area contributed by atoms with Gasteiger partial charge in [-0.25, -0.2) is 0 Å². The maximum absolute atomic E-state index is 4.74. The third-order valence-electron chi connectivity index (χ3n) is 0.622. The van der Waals surface area contributed by atoms with Crippen molar-refractivity contribution in [2.45, 2.75) is 6.10 Å². The summed E-state index contributed by atoms with van der Waals surface area (Å²) in [5.74, 6) is 0. The fraction of sp³-hybridized carbons (Fsp3) is 0.500. The van der Waals surface area contributed by atoms with Crippen molar-refractivity contribution >= 4 is 0 Å². The molecule has 6 heavy (non-hydrogen) atoms. The molecule has 0 saturated carbocycles. The first kappa shape index (κ1) is 6.41. The van der Waals surface area contributed by atoms with Crippen LogP contribution >= 0.6 is 0 Å². The Balaban J connectivity index is 0.000000250. The maximum atomic E-state index is 4.74. The van der Waals surface area contributed by atoms with Gasteiger partial charge in [-0.2, -0.15) is 0 Å². The molecule has 0 aromatic heterocycles. The van der Waals surface area contributed by atoms with Crippen LogP contribution in [0.5, 0.6) is 0 Å². The molecule has 0 spiro atoms. The summed E-state index contributed by atoms with van der Waals surface area (Å²) in [6, 6.07) is 0. The van der Waals surface area contributed by atoms with Crippen LogP contribution in [0.4, 0.5) is 0 Å². The van der Waals surface area contributed by atoms with E-state index in [0.717, 1.165) is 6.61 Å². The Morgan fingerprint density at radius 2 is 2.33 bits per heavy atom. The molecule has 1 atom stereocenters. The van der Waals surface area contributed by atoms with E-state index in [0.29, 0.717) is 6.10 Å². The molecule has 1 saturated heterocycles. The quantitative estimate of drug-likeness (QED) is 0.278. The summed E-state index contributed by atoms with van der Waals surface area (Å²) in [6.45, 7) is 4.39. The summed E-state index contributed by atoms with van der Waals surface area (Å²) < 4.78 is 4.74. The Hall–Kier alpha value is 0.414. The topological polar surface area (TPSA) is 12.5 Å². The zero-order valence-corrected chi connectivity index (χ0v) is 5.04. The van der Waals surface area contributed by atoms with Crippen LogP contribution in [0.15, 0.2) is 12.7 Å². The zero-order valence-electron chi connectivity index (χ0n) is 3.48. The van der Waals surface area contributed by atoms with Crippen molar-refractivity contribution in [3.8, 4) is 0 Å². The number of ether oxygens (including phenoxy) is 1. The van der Waals surface area contributed by atoms with E-state index in [-0.39, 0.29) is 21.7 Å². The van der Waals surface area contributed by atoms with Crippen molar-refractivity contribution < 1.29 is 26.5 Å². The van der Waals surface area contributed by atoms with Crippen LogP contribution in [-0.4, -0.2) is 12.7 Å². The van der Waals surface area contributed by atoms with Crippen molar-refractivity contribution in [1.82, 2.24) is 0 Å². The predicted octanol–water partition coefficient (Wildman–Crippen LogP) is 0.569. The Kier molecular flexibility index (Phi) is 2.74. The van der Waals surface area contributed by atoms with E-state index < -0.39 is 0 Å². The first-order valence-corrected chi connectivity index (χ1v) is 1.67. The monoisotopic (exact) mass is 118 g/mol. The number of rotatable bonds is 1. The van der Waals surface area contributed by atoms with Crippen molar-refractivity contribution in [2.75, 3.05) is 6.61 Å². The molecule has 0 bridgehead atoms. The normalized spacial score (nSPS) is 27.7. The van der Waals surface area contributed by atoms with Crippen LogP contribution in [0.2, 0.25) is 0 Å². The molecule has 0 aliphatic carbocycles. The van der Waals surface area contributed by atoms with Crippen LogP contribution < -0.4 is 0 Å². The van der Waals surface area contributed by atoms with Gasteiger partial charge in [-0.1, -0.05) is 6.08 Å². The van der Waals surface area contributed by atoms with Gasteiger partial charge in [-0.3, -0.25) is 0 Å². The number of hydrogen-bond donors (Lipinski definition) is 0. The molecule has 1 aliphatic heterocycles. The van der Waals surface area contributed by atoms with E-state index in [1.54, 1.807) is 6.08 Å². The Labute approximate surface area is 52.3 Å². The minimum atomic E-state index is 0. The van der Waals surface area contributed by atoms with E-state index in [4.69, 9.17) is 4.74 Å². The molecule has 1 aliphatic rings. The smallest absolute Gasteiger partial charge is 0.0988 e. The largest absolute Gasteiger partial charge is 0.369 e. The molecule has 1 nitrogen and oxygen atoms in total. The van der Waals surface area contributed by atoms with Gasteiger partial charge in [0.1, 0.15) is 0 Å². The van der Waals surface area contributed by atoms with Gasteiger partial charge in [0, 0.05) is 21.7 Å². The Morgan fingerprint density at radius 1 is 1.83 bits per heavy atom. The standard InChI is InChI=1S/C4H6O.Ti/c1-2-4-3-5-4;/h2,4H,1,3H2;. The van der Waals surface area contributed by atoms with Crippen molar-refractivity contribution in [3.63, 3.8) is 0 Å². The second kappa shape index (κ2) is 2.56. The summed E-state index contributed by atoms with van der Waals surface area (Å²) in [6.07, 6.45) is 2.20. The second-order valence-corrected chi connectivity index (χ2v) is 1.11. The van der Waals surface area contributed by atoms with Gasteiger partial charge in [-0.05, 0) is 0 Å². The fourth-order valence-corrected chi connectivity index (χ4v) is 0.192. The fourth-order valence-electron chi connectivity index (χ4n) is 0.192. The van der Waals surface area contributed by atoms with Gasteiger partial charge in [-0.15, -0.1) is 6.58 Å². The third-order valence-corrected chi connectivity index (χ3v) is 0.622. The summed E-state index contributed by atoms with van der Waals surface area (Å²) in [5, 5.41) is 0. The van der Waals surface area contributed by atoms with Crippen LogP contribution in [0.3, 0.4) is 0 Å². The zero-order chi connectivity index (χ0) is 3.70. The molecule has 0 radical (unpaired) electrons. The molecule has 2 heteroatoms. The molecule has 32 valence electrons. The average Bonchev–Trinajstić information content (AvgIpc) is 2.12. The molecule has 0 aromatic rings. The SMILES string of the molecule is C=CC1CO1.[Ti]. The Bertz CT molecular complexity index is 49.5. The van der Waals surface area contributed by atoms with Gasteiger partial charge < -0.3 is 4.74 Å². The number of hydrogen-bond acceptors (Lipinski definition) is 1. The van der Waals surface area contributed by atoms with Gasteiger partial charge in [0.05, 0.1) is 12.7 Å². The average molecular weight is 118 g/mol. The van der Waals surface area contributed by atoms with Gasteiger partial charge in [0.2, 0.25) is 0 Å². The van der Waals surface area contributed by atoms with E-state index in [9.17, 15) is 0 Å². The first-order chi connectivity index (χ1) is 2.43. The van der Waals surface area contributed by atoms with Crippen LogP contribution in [-0.2, 0) is 26.5 Å². The molecule has 1 fully saturated rings. The summed E-state index contributed by atoms with van der Waals surface area (Å²) in [4.78, 5) is 0. The molecule has 1 rings (SSSR count). The molecular weight excluding hydrogens is 112 g/mol. The summed E-state index contributed by atoms with van der Waals surface area (Å²) >= 11 is 0. The minimum absolute atomic E-state index is 0. The summed E-state index contributed by atoms with van der Waals surface area (Å²) in [7, 11) is 0. The van der Waals surface area contributed by atoms with E-state index in [1.165, 1.54) is 0 Å². The second-order valence-electron chi connectivity index (χ2n) is 1.11. The van der Waals surface area contributed by atoms with E-state index >= 15 is 0 Å². The Morgan fingerprint density at radius 3 is 2.33 bits per heavy atom. The third kappa shape index (κ3) is 1.76. The molecule has 1 heterocycles. The van der Waals surface area contributed by atoms with Crippen molar-refractivity contribution in [2.24, 2.45) is 0 Å². The predicted molar refractivity (Wildman–Crippen MR) is 19.9 cm³/mol. The van der Waals surface area contributed by atoms with Crippen LogP contribution in [0, 0.1) is 0 Å². The molecule has 1 unspecified atom stereocenters. The minimum Gasteiger partial charge on any atom is -0.369 e. The first-order valence-electron chi connectivity index (χ1n) is 1.67. The van der Waals surface area contributed by atoms with Gasteiger partial charge in [0.15, 0.2) is 0 Å². The maximum Gasteiger partial charge on any atom is 0.0988 e. The van der Waals surface area contributed by atoms with Crippen LogP contribution in [0.1, 0.15) is 0 Å². The van der Waals surface area contributed by atoms with Crippen molar-refractivity contribution in [3.05, 3.63) is 12.7 Å². The van der Waals surface area contributed by atoms with Gasteiger partial charge in [0.25, 0.3) is 0 Å². The van der Waals surface area contributed by atoms with E-state index in [1.807, 2.05) is 0 Å². The van der Waals surface area contributed by atoms with Gasteiger partial charge >= 0.3 is 0 Å². The van der Waals surface area contributed by atoms with E-state index in [2.05, 4.69) is 6.58 Å².